The molecule has 0 saturated carbocycles. The molecule has 0 aromatic carbocycles. The number of aromatic nitrogens is 4. The molecule has 8 heteroatoms. The number of nitrogens with zero attached hydrogens (tertiary/aromatic N) is 5. The number of rotatable bonds is 3. The number of aromatic amines is 1. The van der Waals surface area contributed by atoms with Gasteiger partial charge in [0.15, 0.2) is 11.5 Å². The molecule has 3 N–H and O–H groups in total. The third-order valence-corrected chi connectivity index (χ3v) is 3.51. The first-order chi connectivity index (χ1) is 9.65. The van der Waals surface area contributed by atoms with E-state index >= 15 is 0 Å². The number of imidazole rings is 1. The van der Waals surface area contributed by atoms with Crippen LogP contribution in [0.4, 0.5) is 5.82 Å². The molecule has 1 aliphatic rings. The van der Waals surface area contributed by atoms with Gasteiger partial charge in [-0.1, -0.05) is 0 Å². The molecule has 0 aliphatic carbocycles. The number of carbonyl (C=O) groups excluding carboxylic acids is 1. The largest absolute Gasteiger partial charge is 0.348 e. The van der Waals surface area contributed by atoms with Crippen molar-refractivity contribution in [1.29, 1.82) is 0 Å². The Kier molecular flexibility index (Phi) is 3.23. The van der Waals surface area contributed by atoms with Crippen LogP contribution in [0.25, 0.3) is 11.2 Å². The molecular weight excluding hydrogens is 258 g/mol. The van der Waals surface area contributed by atoms with Crippen LogP contribution in [0, 0.1) is 0 Å². The van der Waals surface area contributed by atoms with E-state index in [2.05, 4.69) is 19.9 Å². The molecule has 1 amide bonds. The molecule has 0 unspecified atom stereocenters. The highest BCUT2D eigenvalue weighted by Gasteiger charge is 2.25. The lowest BCUT2D eigenvalue weighted by molar-refractivity contribution is -0.128. The van der Waals surface area contributed by atoms with Gasteiger partial charge in [-0.25, -0.2) is 15.0 Å². The van der Waals surface area contributed by atoms with Crippen LogP contribution in [0.15, 0.2) is 12.7 Å². The molecular formula is C12H17N7O. The van der Waals surface area contributed by atoms with Crippen LogP contribution in [-0.4, -0.2) is 63.5 Å². The van der Waals surface area contributed by atoms with Crippen molar-refractivity contribution in [3.05, 3.63) is 12.7 Å². The minimum absolute atomic E-state index is 0.0618. The van der Waals surface area contributed by atoms with Crippen LogP contribution in [0.2, 0.25) is 0 Å². The van der Waals surface area contributed by atoms with Crippen molar-refractivity contribution >= 4 is 22.9 Å². The van der Waals surface area contributed by atoms with Crippen molar-refractivity contribution < 1.29 is 4.79 Å². The van der Waals surface area contributed by atoms with Crippen molar-refractivity contribution in [3.8, 4) is 0 Å². The Labute approximate surface area is 116 Å². The van der Waals surface area contributed by atoms with Crippen LogP contribution in [0.1, 0.15) is 6.42 Å². The second kappa shape index (κ2) is 5.04. The second-order valence-corrected chi connectivity index (χ2v) is 5.04. The lowest BCUT2D eigenvalue weighted by Gasteiger charge is -2.22. The van der Waals surface area contributed by atoms with Gasteiger partial charge in [0.05, 0.1) is 12.9 Å². The first kappa shape index (κ1) is 12.8. The standard InChI is InChI=1S/C12H17N7O/c1-18(5-9(20)19-3-2-8(13)4-19)12-10-11(15-6-14-10)16-7-17-12/h6-8H,2-5,13H2,1H3,(H,14,15,16,17)/t8-/m1/s1. The summed E-state index contributed by atoms with van der Waals surface area (Å²) in [6.07, 6.45) is 3.89. The van der Waals surface area contributed by atoms with Crippen molar-refractivity contribution in [2.24, 2.45) is 5.73 Å². The number of fused-ring (bicyclic) bond motifs is 1. The highest BCUT2D eigenvalue weighted by Crippen LogP contribution is 2.18. The summed E-state index contributed by atoms with van der Waals surface area (Å²) in [5, 5.41) is 0. The summed E-state index contributed by atoms with van der Waals surface area (Å²) >= 11 is 0. The molecule has 0 radical (unpaired) electrons. The van der Waals surface area contributed by atoms with E-state index < -0.39 is 0 Å². The van der Waals surface area contributed by atoms with Gasteiger partial charge in [0, 0.05) is 26.2 Å². The molecule has 106 valence electrons. The van der Waals surface area contributed by atoms with Gasteiger partial charge < -0.3 is 20.5 Å². The van der Waals surface area contributed by atoms with Crippen LogP contribution < -0.4 is 10.6 Å². The highest BCUT2D eigenvalue weighted by atomic mass is 16.2. The summed E-state index contributed by atoms with van der Waals surface area (Å²) in [4.78, 5) is 31.2. The number of hydrogen-bond donors (Lipinski definition) is 2. The van der Waals surface area contributed by atoms with Gasteiger partial charge >= 0.3 is 0 Å². The van der Waals surface area contributed by atoms with E-state index in [4.69, 9.17) is 5.73 Å². The van der Waals surface area contributed by atoms with Crippen LogP contribution in [0.3, 0.4) is 0 Å². The molecule has 3 heterocycles. The third kappa shape index (κ3) is 2.29. The zero-order valence-electron chi connectivity index (χ0n) is 11.3. The number of hydrogen-bond acceptors (Lipinski definition) is 6. The molecule has 20 heavy (non-hydrogen) atoms. The highest BCUT2D eigenvalue weighted by molar-refractivity contribution is 5.87. The number of nitrogens with two attached hydrogens (primary N) is 1. The predicted octanol–water partition coefficient (Wildman–Crippen LogP) is -0.651. The molecule has 3 rings (SSSR count). The zero-order chi connectivity index (χ0) is 14.1. The predicted molar refractivity (Wildman–Crippen MR) is 74.1 cm³/mol. The van der Waals surface area contributed by atoms with Crippen molar-refractivity contribution in [2.75, 3.05) is 31.6 Å². The van der Waals surface area contributed by atoms with Crippen molar-refractivity contribution in [3.63, 3.8) is 0 Å². The fourth-order valence-corrected chi connectivity index (χ4v) is 2.43. The van der Waals surface area contributed by atoms with Crippen molar-refractivity contribution in [2.45, 2.75) is 12.5 Å². The minimum atomic E-state index is 0.0618. The maximum atomic E-state index is 12.2. The first-order valence-electron chi connectivity index (χ1n) is 6.53. The maximum absolute atomic E-state index is 12.2. The molecule has 1 saturated heterocycles. The summed E-state index contributed by atoms with van der Waals surface area (Å²) in [7, 11) is 1.83. The number of carbonyl (C=O) groups is 1. The number of likely N-dealkylation sites (N-methyl/N-ethyl adjacent to an activating group) is 1. The summed E-state index contributed by atoms with van der Waals surface area (Å²) in [6.45, 7) is 1.63. The minimum Gasteiger partial charge on any atom is -0.348 e. The average Bonchev–Trinajstić information content (AvgIpc) is 3.06. The fourth-order valence-electron chi connectivity index (χ4n) is 2.43. The van der Waals surface area contributed by atoms with Gasteiger partial charge in [-0.05, 0) is 6.42 Å². The summed E-state index contributed by atoms with van der Waals surface area (Å²) in [5.41, 5.74) is 7.16. The van der Waals surface area contributed by atoms with E-state index in [9.17, 15) is 4.79 Å². The lowest BCUT2D eigenvalue weighted by atomic mass is 10.3. The number of nitrogens with one attached hydrogen (secondary N) is 1. The number of likely N-dealkylation sites (tertiary alicyclic amines) is 1. The van der Waals surface area contributed by atoms with E-state index in [0.717, 1.165) is 18.5 Å². The summed E-state index contributed by atoms with van der Waals surface area (Å²) < 4.78 is 0. The van der Waals surface area contributed by atoms with Gasteiger partial charge in [0.1, 0.15) is 11.8 Å². The Morgan fingerprint density at radius 1 is 1.55 bits per heavy atom. The topological polar surface area (TPSA) is 104 Å². The molecule has 1 fully saturated rings. The number of anilines is 1. The SMILES string of the molecule is CN(CC(=O)N1CC[C@@H](N)C1)c1ncnc2nc[nH]c12. The Bertz CT molecular complexity index is 625. The number of amides is 1. The molecule has 2 aromatic heterocycles. The third-order valence-electron chi connectivity index (χ3n) is 3.51. The monoisotopic (exact) mass is 275 g/mol. The quantitative estimate of drug-likeness (QED) is 0.771. The molecule has 8 nitrogen and oxygen atoms in total. The van der Waals surface area contributed by atoms with Crippen LogP contribution in [0.5, 0.6) is 0 Å². The summed E-state index contributed by atoms with van der Waals surface area (Å²) in [6, 6.07) is 0.0996. The van der Waals surface area contributed by atoms with E-state index in [1.807, 2.05) is 7.05 Å². The Hall–Kier alpha value is -2.22. The molecule has 0 spiro atoms. The first-order valence-corrected chi connectivity index (χ1v) is 6.53. The van der Waals surface area contributed by atoms with Crippen molar-refractivity contribution in [1.82, 2.24) is 24.8 Å². The van der Waals surface area contributed by atoms with Gasteiger partial charge in [0.25, 0.3) is 0 Å². The van der Waals surface area contributed by atoms with Gasteiger partial charge in [0.2, 0.25) is 5.91 Å². The fraction of sp³-hybridized carbons (Fsp3) is 0.500. The molecule has 1 aliphatic heterocycles. The van der Waals surface area contributed by atoms with Gasteiger partial charge in [-0.2, -0.15) is 0 Å². The van der Waals surface area contributed by atoms with Crippen LogP contribution in [-0.2, 0) is 4.79 Å². The Morgan fingerprint density at radius 3 is 3.15 bits per heavy atom. The molecule has 2 aromatic rings. The van der Waals surface area contributed by atoms with E-state index in [1.54, 1.807) is 16.1 Å². The lowest BCUT2D eigenvalue weighted by Crippen LogP contribution is -2.39. The normalized spacial score (nSPS) is 18.7. The van der Waals surface area contributed by atoms with Gasteiger partial charge in [-0.3, -0.25) is 4.79 Å². The second-order valence-electron chi connectivity index (χ2n) is 5.04. The average molecular weight is 275 g/mol. The Morgan fingerprint density at radius 2 is 2.40 bits per heavy atom. The van der Waals surface area contributed by atoms with E-state index in [0.29, 0.717) is 18.0 Å². The Balaban J connectivity index is 1.74. The summed E-state index contributed by atoms with van der Waals surface area (Å²) in [5.74, 6) is 0.732. The van der Waals surface area contributed by atoms with Crippen LogP contribution >= 0.6 is 0 Å². The molecule has 1 atom stereocenters. The molecule has 0 bridgehead atoms. The van der Waals surface area contributed by atoms with Gasteiger partial charge in [-0.15, -0.1) is 0 Å². The maximum Gasteiger partial charge on any atom is 0.242 e. The zero-order valence-corrected chi connectivity index (χ0v) is 11.3. The van der Waals surface area contributed by atoms with E-state index in [-0.39, 0.29) is 18.5 Å². The van der Waals surface area contributed by atoms with E-state index in [1.165, 1.54) is 6.33 Å². The smallest absolute Gasteiger partial charge is 0.242 e. The number of H-pyrrole nitrogens is 1.